The van der Waals surface area contributed by atoms with Gasteiger partial charge in [0.1, 0.15) is 6.33 Å². The first-order valence-electron chi connectivity index (χ1n) is 6.69. The normalized spacial score (nSPS) is 16.0. The van der Waals surface area contributed by atoms with Gasteiger partial charge < -0.3 is 10.2 Å². The lowest BCUT2D eigenvalue weighted by molar-refractivity contribution is 0.586. The van der Waals surface area contributed by atoms with Crippen LogP contribution in [0.15, 0.2) is 22.9 Å². The van der Waals surface area contributed by atoms with Gasteiger partial charge in [0.15, 0.2) is 5.82 Å². The highest BCUT2D eigenvalue weighted by Crippen LogP contribution is 2.32. The topological polar surface area (TPSA) is 58.4 Å². The van der Waals surface area contributed by atoms with E-state index in [-0.39, 0.29) is 0 Å². The molecule has 1 saturated heterocycles. The lowest BCUT2D eigenvalue weighted by Crippen LogP contribution is -2.44. The molecule has 0 amide bonds. The minimum Gasteiger partial charge on any atom is -0.351 e. The van der Waals surface area contributed by atoms with E-state index in [1.165, 1.54) is 0 Å². The minimum atomic E-state index is 0.622. The van der Waals surface area contributed by atoms with E-state index in [0.717, 1.165) is 53.2 Å². The molecule has 1 aliphatic heterocycles. The second-order valence-electron chi connectivity index (χ2n) is 4.93. The van der Waals surface area contributed by atoms with Gasteiger partial charge in [-0.1, -0.05) is 11.6 Å². The molecule has 0 unspecified atom stereocenters. The Labute approximate surface area is 134 Å². The lowest BCUT2D eigenvalue weighted by atomic mass is 10.3. The van der Waals surface area contributed by atoms with Crippen LogP contribution >= 0.6 is 27.5 Å². The highest BCUT2D eigenvalue weighted by Gasteiger charge is 2.20. The molecular weight excluding hydrogens is 356 g/mol. The minimum absolute atomic E-state index is 0.622. The van der Waals surface area contributed by atoms with Crippen molar-refractivity contribution in [1.82, 2.24) is 24.9 Å². The molecule has 0 bridgehead atoms. The molecule has 0 saturated carbocycles. The summed E-state index contributed by atoms with van der Waals surface area (Å²) in [6.45, 7) is 3.71. The van der Waals surface area contributed by atoms with Crippen molar-refractivity contribution in [3.63, 3.8) is 0 Å². The number of halogens is 2. The molecule has 6 nitrogen and oxygen atoms in total. The van der Waals surface area contributed by atoms with E-state index in [2.05, 4.69) is 36.3 Å². The standard InChI is InChI=1S/C13H12BrClN6/c14-8-1-2-9-11(10(8)15)21-7-17-19-13(21)12(18-9)20-5-3-16-4-6-20/h1-2,7,16H,3-6H2. The Hall–Kier alpha value is -1.44. The van der Waals surface area contributed by atoms with Crippen LogP contribution in [-0.4, -0.2) is 45.8 Å². The van der Waals surface area contributed by atoms with Crippen LogP contribution in [-0.2, 0) is 0 Å². The maximum atomic E-state index is 6.41. The Kier molecular flexibility index (Phi) is 3.20. The molecule has 21 heavy (non-hydrogen) atoms. The summed E-state index contributed by atoms with van der Waals surface area (Å²) in [5.74, 6) is 0.861. The van der Waals surface area contributed by atoms with E-state index in [1.807, 2.05) is 16.5 Å². The third kappa shape index (κ3) is 2.07. The molecule has 2 aromatic heterocycles. The number of nitrogens with zero attached hydrogens (tertiary/aromatic N) is 5. The van der Waals surface area contributed by atoms with Crippen molar-refractivity contribution >= 4 is 50.0 Å². The van der Waals surface area contributed by atoms with Crippen LogP contribution in [0.4, 0.5) is 5.82 Å². The lowest BCUT2D eigenvalue weighted by Gasteiger charge is -2.28. The Morgan fingerprint density at radius 3 is 2.86 bits per heavy atom. The van der Waals surface area contributed by atoms with Gasteiger partial charge in [-0.25, -0.2) is 4.98 Å². The average molecular weight is 368 g/mol. The third-order valence-corrected chi connectivity index (χ3v) is 4.95. The summed E-state index contributed by atoms with van der Waals surface area (Å²) in [5.41, 5.74) is 2.40. The van der Waals surface area contributed by atoms with Crippen molar-refractivity contribution < 1.29 is 0 Å². The molecule has 0 atom stereocenters. The first kappa shape index (κ1) is 13.2. The van der Waals surface area contributed by atoms with Crippen molar-refractivity contribution in [2.45, 2.75) is 0 Å². The van der Waals surface area contributed by atoms with Gasteiger partial charge in [-0.15, -0.1) is 10.2 Å². The first-order chi connectivity index (χ1) is 10.3. The van der Waals surface area contributed by atoms with Gasteiger partial charge in [0.25, 0.3) is 0 Å². The van der Waals surface area contributed by atoms with Crippen LogP contribution in [0.3, 0.4) is 0 Å². The summed E-state index contributed by atoms with van der Waals surface area (Å²) >= 11 is 9.87. The monoisotopic (exact) mass is 366 g/mol. The van der Waals surface area contributed by atoms with Crippen molar-refractivity contribution in [3.05, 3.63) is 28.0 Å². The summed E-state index contributed by atoms with van der Waals surface area (Å²) < 4.78 is 2.75. The zero-order chi connectivity index (χ0) is 14.4. The second-order valence-corrected chi connectivity index (χ2v) is 6.16. The Morgan fingerprint density at radius 1 is 1.24 bits per heavy atom. The SMILES string of the molecule is Clc1c(Br)ccc2nc(N3CCNCC3)c3nncn3c12. The Bertz CT molecular complexity index is 826. The van der Waals surface area contributed by atoms with Gasteiger partial charge in [0, 0.05) is 30.7 Å². The van der Waals surface area contributed by atoms with Crippen LogP contribution in [0, 0.1) is 0 Å². The fourth-order valence-electron chi connectivity index (χ4n) is 2.65. The Balaban J connectivity index is 2.03. The van der Waals surface area contributed by atoms with Crippen LogP contribution < -0.4 is 10.2 Å². The smallest absolute Gasteiger partial charge is 0.204 e. The molecular formula is C13H12BrClN6. The molecule has 8 heteroatoms. The molecule has 4 rings (SSSR count). The van der Waals surface area contributed by atoms with Gasteiger partial charge >= 0.3 is 0 Å². The summed E-state index contributed by atoms with van der Waals surface area (Å²) in [7, 11) is 0. The highest BCUT2D eigenvalue weighted by molar-refractivity contribution is 9.10. The summed E-state index contributed by atoms with van der Waals surface area (Å²) in [6.07, 6.45) is 1.68. The molecule has 1 fully saturated rings. The molecule has 108 valence electrons. The van der Waals surface area contributed by atoms with Crippen LogP contribution in [0.1, 0.15) is 0 Å². The molecule has 3 heterocycles. The van der Waals surface area contributed by atoms with Crippen molar-refractivity contribution in [1.29, 1.82) is 0 Å². The number of hydrogen-bond donors (Lipinski definition) is 1. The fraction of sp³-hybridized carbons (Fsp3) is 0.308. The highest BCUT2D eigenvalue weighted by atomic mass is 79.9. The van der Waals surface area contributed by atoms with Gasteiger partial charge in [-0.3, -0.25) is 4.40 Å². The third-order valence-electron chi connectivity index (χ3n) is 3.68. The second kappa shape index (κ2) is 5.08. The Morgan fingerprint density at radius 2 is 2.05 bits per heavy atom. The fourth-order valence-corrected chi connectivity index (χ4v) is 3.22. The predicted molar refractivity (Wildman–Crippen MR) is 86.1 cm³/mol. The number of rotatable bonds is 1. The van der Waals surface area contributed by atoms with Crippen LogP contribution in [0.25, 0.3) is 16.7 Å². The van der Waals surface area contributed by atoms with E-state index in [9.17, 15) is 0 Å². The van der Waals surface area contributed by atoms with E-state index in [0.29, 0.717) is 5.02 Å². The summed E-state index contributed by atoms with van der Waals surface area (Å²) in [4.78, 5) is 7.00. The van der Waals surface area contributed by atoms with Crippen LogP contribution in [0.2, 0.25) is 5.02 Å². The number of benzene rings is 1. The van der Waals surface area contributed by atoms with E-state index >= 15 is 0 Å². The zero-order valence-electron chi connectivity index (χ0n) is 11.1. The van der Waals surface area contributed by atoms with Gasteiger partial charge in [0.05, 0.1) is 16.1 Å². The van der Waals surface area contributed by atoms with E-state index < -0.39 is 0 Å². The van der Waals surface area contributed by atoms with Crippen molar-refractivity contribution in [3.8, 4) is 0 Å². The van der Waals surface area contributed by atoms with Crippen molar-refractivity contribution in [2.24, 2.45) is 0 Å². The molecule has 1 N–H and O–H groups in total. The zero-order valence-corrected chi connectivity index (χ0v) is 13.4. The molecule has 0 aliphatic carbocycles. The quantitative estimate of drug-likeness (QED) is 0.714. The molecule has 3 aromatic rings. The van der Waals surface area contributed by atoms with Crippen molar-refractivity contribution in [2.75, 3.05) is 31.1 Å². The number of nitrogens with one attached hydrogen (secondary N) is 1. The first-order valence-corrected chi connectivity index (χ1v) is 7.86. The largest absolute Gasteiger partial charge is 0.351 e. The maximum absolute atomic E-state index is 6.41. The van der Waals surface area contributed by atoms with Gasteiger partial charge in [-0.2, -0.15) is 0 Å². The van der Waals surface area contributed by atoms with Gasteiger partial charge in [0.2, 0.25) is 5.65 Å². The van der Waals surface area contributed by atoms with E-state index in [4.69, 9.17) is 16.6 Å². The number of piperazine rings is 1. The number of hydrogen-bond acceptors (Lipinski definition) is 5. The maximum Gasteiger partial charge on any atom is 0.204 e. The molecule has 0 spiro atoms. The number of anilines is 1. The average Bonchev–Trinajstić information content (AvgIpc) is 3.00. The summed E-state index contributed by atoms with van der Waals surface area (Å²) in [5, 5.41) is 12.2. The summed E-state index contributed by atoms with van der Waals surface area (Å²) in [6, 6.07) is 3.87. The van der Waals surface area contributed by atoms with E-state index in [1.54, 1.807) is 6.33 Å². The van der Waals surface area contributed by atoms with Gasteiger partial charge in [-0.05, 0) is 28.1 Å². The molecule has 0 radical (unpaired) electrons. The molecule has 1 aliphatic rings. The molecule has 1 aromatic carbocycles. The predicted octanol–water partition coefficient (Wildman–Crippen LogP) is 2.10. The number of aromatic nitrogens is 4. The van der Waals surface area contributed by atoms with Crippen LogP contribution in [0.5, 0.6) is 0 Å². The number of fused-ring (bicyclic) bond motifs is 3.